The molecular formula is C10H16. The maximum absolute atomic E-state index is 2.34. The monoisotopic (exact) mass is 136 g/mol. The van der Waals surface area contributed by atoms with Gasteiger partial charge in [-0.3, -0.25) is 0 Å². The van der Waals surface area contributed by atoms with Gasteiger partial charge in [-0.15, -0.1) is 0 Å². The number of hydrogen-bond acceptors (Lipinski definition) is 0. The van der Waals surface area contributed by atoms with Gasteiger partial charge >= 0.3 is 0 Å². The molecule has 1 aliphatic rings. The first-order valence-electron chi connectivity index (χ1n) is 3.98. The highest BCUT2D eigenvalue weighted by molar-refractivity contribution is 5.25. The normalized spacial score (nSPS) is 33.2. The van der Waals surface area contributed by atoms with Gasteiger partial charge in [-0.25, -0.2) is 0 Å². The Kier molecular flexibility index (Phi) is 1.98. The van der Waals surface area contributed by atoms with E-state index in [-0.39, 0.29) is 0 Å². The molecule has 0 radical (unpaired) electrons. The topological polar surface area (TPSA) is 0 Å². The van der Waals surface area contributed by atoms with Crippen molar-refractivity contribution in [3.05, 3.63) is 23.3 Å². The third-order valence-electron chi connectivity index (χ3n) is 2.42. The minimum atomic E-state index is 0.649. The SMILES string of the molecule is CC1=CC(C)C=C(C)C1C. The summed E-state index contributed by atoms with van der Waals surface area (Å²) in [5, 5.41) is 0. The highest BCUT2D eigenvalue weighted by Gasteiger charge is 2.12. The van der Waals surface area contributed by atoms with Crippen LogP contribution in [0.5, 0.6) is 0 Å². The molecule has 0 N–H and O–H groups in total. The molecule has 0 aliphatic heterocycles. The molecule has 0 amide bonds. The van der Waals surface area contributed by atoms with Crippen molar-refractivity contribution < 1.29 is 0 Å². The summed E-state index contributed by atoms with van der Waals surface area (Å²) >= 11 is 0. The molecule has 0 aromatic rings. The molecular weight excluding hydrogens is 120 g/mol. The lowest BCUT2D eigenvalue weighted by molar-refractivity contribution is 0.726. The third-order valence-corrected chi connectivity index (χ3v) is 2.42. The smallest absolute Gasteiger partial charge is 0.00266 e. The van der Waals surface area contributed by atoms with Crippen LogP contribution in [0.1, 0.15) is 27.7 Å². The standard InChI is InChI=1S/C10H16/c1-7-5-8(2)10(4)9(3)6-7/h5-7,10H,1-4H3. The fourth-order valence-corrected chi connectivity index (χ4v) is 1.53. The van der Waals surface area contributed by atoms with Crippen molar-refractivity contribution in [2.24, 2.45) is 11.8 Å². The number of hydrogen-bond donors (Lipinski definition) is 0. The molecule has 0 saturated heterocycles. The third kappa shape index (κ3) is 1.31. The summed E-state index contributed by atoms with van der Waals surface area (Å²) in [5.74, 6) is 1.33. The fraction of sp³-hybridized carbons (Fsp3) is 0.600. The summed E-state index contributed by atoms with van der Waals surface area (Å²) in [4.78, 5) is 0. The summed E-state index contributed by atoms with van der Waals surface area (Å²) in [6.45, 7) is 8.94. The second-order valence-electron chi connectivity index (χ2n) is 3.40. The Labute approximate surface area is 63.6 Å². The van der Waals surface area contributed by atoms with Crippen molar-refractivity contribution >= 4 is 0 Å². The lowest BCUT2D eigenvalue weighted by Crippen LogP contribution is -2.06. The minimum absolute atomic E-state index is 0.649. The zero-order valence-corrected chi connectivity index (χ0v) is 7.31. The molecule has 0 atom stereocenters. The molecule has 10 heavy (non-hydrogen) atoms. The van der Waals surface area contributed by atoms with Crippen LogP contribution in [-0.4, -0.2) is 0 Å². The Bertz CT molecular complexity index is 164. The molecule has 0 unspecified atom stereocenters. The molecule has 0 nitrogen and oxygen atoms in total. The van der Waals surface area contributed by atoms with Crippen LogP contribution < -0.4 is 0 Å². The van der Waals surface area contributed by atoms with Gasteiger partial charge in [0.05, 0.1) is 0 Å². The van der Waals surface area contributed by atoms with Gasteiger partial charge in [0.15, 0.2) is 0 Å². The average molecular weight is 136 g/mol. The van der Waals surface area contributed by atoms with Crippen molar-refractivity contribution in [3.8, 4) is 0 Å². The Hall–Kier alpha value is -0.520. The van der Waals surface area contributed by atoms with E-state index in [4.69, 9.17) is 0 Å². The molecule has 0 fully saturated rings. The van der Waals surface area contributed by atoms with Crippen LogP contribution in [0.4, 0.5) is 0 Å². The molecule has 56 valence electrons. The first-order valence-corrected chi connectivity index (χ1v) is 3.98. The zero-order chi connectivity index (χ0) is 7.72. The van der Waals surface area contributed by atoms with Crippen LogP contribution in [-0.2, 0) is 0 Å². The van der Waals surface area contributed by atoms with Crippen molar-refractivity contribution in [2.75, 3.05) is 0 Å². The van der Waals surface area contributed by atoms with Crippen molar-refractivity contribution in [2.45, 2.75) is 27.7 Å². The molecule has 0 spiro atoms. The first kappa shape index (κ1) is 7.59. The van der Waals surface area contributed by atoms with Gasteiger partial charge in [0.2, 0.25) is 0 Å². The Morgan fingerprint density at radius 3 is 1.80 bits per heavy atom. The van der Waals surface area contributed by atoms with Crippen LogP contribution in [0.15, 0.2) is 23.3 Å². The molecule has 0 heteroatoms. The summed E-state index contributed by atoms with van der Waals surface area (Å²) in [5.41, 5.74) is 3.04. The van der Waals surface area contributed by atoms with Gasteiger partial charge < -0.3 is 0 Å². The van der Waals surface area contributed by atoms with Crippen LogP contribution in [0.3, 0.4) is 0 Å². The van der Waals surface area contributed by atoms with Crippen LogP contribution in [0.25, 0.3) is 0 Å². The van der Waals surface area contributed by atoms with E-state index in [9.17, 15) is 0 Å². The van der Waals surface area contributed by atoms with Crippen molar-refractivity contribution in [1.29, 1.82) is 0 Å². The Balaban J connectivity index is 2.83. The Morgan fingerprint density at radius 2 is 1.40 bits per heavy atom. The van der Waals surface area contributed by atoms with Gasteiger partial charge in [0, 0.05) is 0 Å². The zero-order valence-electron chi connectivity index (χ0n) is 7.31. The number of allylic oxidation sites excluding steroid dienone is 4. The van der Waals surface area contributed by atoms with E-state index in [1.807, 2.05) is 0 Å². The maximum atomic E-state index is 2.34. The molecule has 1 rings (SSSR count). The second kappa shape index (κ2) is 2.61. The highest BCUT2D eigenvalue weighted by atomic mass is 14.2. The molecule has 0 aromatic heterocycles. The van der Waals surface area contributed by atoms with E-state index in [1.54, 1.807) is 0 Å². The summed E-state index contributed by atoms with van der Waals surface area (Å²) in [6, 6.07) is 0. The predicted octanol–water partition coefficient (Wildman–Crippen LogP) is 3.16. The number of rotatable bonds is 0. The Morgan fingerprint density at radius 1 is 1.00 bits per heavy atom. The fourth-order valence-electron chi connectivity index (χ4n) is 1.53. The van der Waals surface area contributed by atoms with E-state index >= 15 is 0 Å². The van der Waals surface area contributed by atoms with E-state index in [1.165, 1.54) is 11.1 Å². The van der Waals surface area contributed by atoms with Crippen LogP contribution in [0, 0.1) is 11.8 Å². The van der Waals surface area contributed by atoms with Crippen molar-refractivity contribution in [3.63, 3.8) is 0 Å². The largest absolute Gasteiger partial charge is 0.0784 e. The van der Waals surface area contributed by atoms with E-state index in [0.29, 0.717) is 11.8 Å². The molecule has 0 heterocycles. The quantitative estimate of drug-likeness (QED) is 0.449. The minimum Gasteiger partial charge on any atom is -0.0784 e. The summed E-state index contributed by atoms with van der Waals surface area (Å²) in [6.07, 6.45) is 4.69. The van der Waals surface area contributed by atoms with Gasteiger partial charge in [-0.2, -0.15) is 0 Å². The molecule has 0 saturated carbocycles. The lowest BCUT2D eigenvalue weighted by Gasteiger charge is -2.20. The maximum Gasteiger partial charge on any atom is -0.00266 e. The molecule has 0 bridgehead atoms. The van der Waals surface area contributed by atoms with Crippen molar-refractivity contribution in [1.82, 2.24) is 0 Å². The lowest BCUT2D eigenvalue weighted by atomic mass is 9.86. The second-order valence-corrected chi connectivity index (χ2v) is 3.40. The van der Waals surface area contributed by atoms with E-state index in [2.05, 4.69) is 39.8 Å². The predicted molar refractivity (Wildman–Crippen MR) is 45.8 cm³/mol. The van der Waals surface area contributed by atoms with Gasteiger partial charge in [-0.05, 0) is 25.7 Å². The first-order chi connectivity index (χ1) is 4.61. The summed E-state index contributed by atoms with van der Waals surface area (Å²) < 4.78 is 0. The molecule has 1 aliphatic carbocycles. The van der Waals surface area contributed by atoms with Gasteiger partial charge in [0.1, 0.15) is 0 Å². The van der Waals surface area contributed by atoms with E-state index < -0.39 is 0 Å². The highest BCUT2D eigenvalue weighted by Crippen LogP contribution is 2.26. The van der Waals surface area contributed by atoms with Gasteiger partial charge in [-0.1, -0.05) is 37.1 Å². The van der Waals surface area contributed by atoms with Crippen LogP contribution >= 0.6 is 0 Å². The van der Waals surface area contributed by atoms with Crippen LogP contribution in [0.2, 0.25) is 0 Å². The average Bonchev–Trinajstić information content (AvgIpc) is 1.82. The van der Waals surface area contributed by atoms with E-state index in [0.717, 1.165) is 0 Å². The molecule has 0 aromatic carbocycles. The summed E-state index contributed by atoms with van der Waals surface area (Å²) in [7, 11) is 0. The van der Waals surface area contributed by atoms with Gasteiger partial charge in [0.25, 0.3) is 0 Å².